The van der Waals surface area contributed by atoms with Crippen LogP contribution in [0.15, 0.2) is 5.38 Å². The fourth-order valence-corrected chi connectivity index (χ4v) is 3.01. The molecule has 0 spiro atoms. The molecule has 3 N–H and O–H groups in total. The first-order valence-corrected chi connectivity index (χ1v) is 8.22. The molecule has 0 bridgehead atoms. The Bertz CT molecular complexity index is 422. The predicted octanol–water partition coefficient (Wildman–Crippen LogP) is 2.49. The second-order valence-corrected chi connectivity index (χ2v) is 6.01. The molecule has 1 aromatic heterocycles. The summed E-state index contributed by atoms with van der Waals surface area (Å²) >= 11 is 1.42. The first-order chi connectivity index (χ1) is 9.79. The van der Waals surface area contributed by atoms with E-state index < -0.39 is 0 Å². The lowest BCUT2D eigenvalue weighted by Gasteiger charge is -2.21. The number of nitrogens with zero attached hydrogens (tertiary/aromatic N) is 1. The summed E-state index contributed by atoms with van der Waals surface area (Å²) in [7, 11) is 0. The average Bonchev–Trinajstić information content (AvgIpc) is 2.97. The molecule has 120 valence electrons. The molecular formula is C14H24ClN3O2S. The number of carbonyl (C=O) groups is 1. The molecule has 1 aliphatic rings. The van der Waals surface area contributed by atoms with Crippen LogP contribution in [0.1, 0.15) is 54.0 Å². The summed E-state index contributed by atoms with van der Waals surface area (Å²) < 4.78 is 5.81. The SMILES string of the molecule is Cl.NCc1nc(C(=O)NCCCOC2CCCCC2)cs1. The zero-order chi connectivity index (χ0) is 14.2. The minimum absolute atomic E-state index is 0. The molecule has 5 nitrogen and oxygen atoms in total. The van der Waals surface area contributed by atoms with Crippen molar-refractivity contribution >= 4 is 29.7 Å². The third-order valence-corrected chi connectivity index (χ3v) is 4.34. The first-order valence-electron chi connectivity index (χ1n) is 7.34. The lowest BCUT2D eigenvalue weighted by molar-refractivity contribution is 0.0273. The molecule has 0 saturated heterocycles. The van der Waals surface area contributed by atoms with E-state index in [1.54, 1.807) is 5.38 Å². The predicted molar refractivity (Wildman–Crippen MR) is 87.0 cm³/mol. The number of rotatable bonds is 7. The van der Waals surface area contributed by atoms with Crippen LogP contribution in [-0.2, 0) is 11.3 Å². The van der Waals surface area contributed by atoms with Gasteiger partial charge in [0.25, 0.3) is 5.91 Å². The summed E-state index contributed by atoms with van der Waals surface area (Å²) in [6.07, 6.45) is 7.57. The zero-order valence-corrected chi connectivity index (χ0v) is 13.8. The monoisotopic (exact) mass is 333 g/mol. The van der Waals surface area contributed by atoms with Gasteiger partial charge in [0.2, 0.25) is 0 Å². The molecule has 7 heteroatoms. The van der Waals surface area contributed by atoms with Gasteiger partial charge in [-0.1, -0.05) is 19.3 Å². The van der Waals surface area contributed by atoms with E-state index in [9.17, 15) is 4.79 Å². The standard InChI is InChI=1S/C14H23N3O2S.ClH/c15-9-13-17-12(10-20-13)14(18)16-7-4-8-19-11-5-2-1-3-6-11;/h10-11H,1-9,15H2,(H,16,18);1H. The third-order valence-electron chi connectivity index (χ3n) is 3.47. The molecular weight excluding hydrogens is 310 g/mol. The molecule has 2 rings (SSSR count). The van der Waals surface area contributed by atoms with Crippen molar-refractivity contribution in [2.75, 3.05) is 13.2 Å². The highest BCUT2D eigenvalue weighted by Crippen LogP contribution is 2.20. The van der Waals surface area contributed by atoms with Crippen molar-refractivity contribution in [2.24, 2.45) is 5.73 Å². The van der Waals surface area contributed by atoms with Crippen LogP contribution >= 0.6 is 23.7 Å². The minimum Gasteiger partial charge on any atom is -0.378 e. The van der Waals surface area contributed by atoms with Gasteiger partial charge < -0.3 is 15.8 Å². The number of thiazole rings is 1. The Hall–Kier alpha value is -0.690. The summed E-state index contributed by atoms with van der Waals surface area (Å²) in [5.74, 6) is -0.126. The summed E-state index contributed by atoms with van der Waals surface area (Å²) in [6.45, 7) is 1.73. The Morgan fingerprint density at radius 2 is 2.19 bits per heavy atom. The van der Waals surface area contributed by atoms with Gasteiger partial charge in [0.15, 0.2) is 0 Å². The molecule has 1 amide bonds. The van der Waals surface area contributed by atoms with Crippen molar-refractivity contribution in [1.29, 1.82) is 0 Å². The fraction of sp³-hybridized carbons (Fsp3) is 0.714. The number of aromatic nitrogens is 1. The Labute approximate surface area is 136 Å². The number of hydrogen-bond acceptors (Lipinski definition) is 5. The molecule has 0 aromatic carbocycles. The van der Waals surface area contributed by atoms with Crippen LogP contribution in [0.4, 0.5) is 0 Å². The van der Waals surface area contributed by atoms with Crippen LogP contribution in [0.3, 0.4) is 0 Å². The minimum atomic E-state index is -0.126. The Morgan fingerprint density at radius 3 is 2.86 bits per heavy atom. The lowest BCUT2D eigenvalue weighted by Crippen LogP contribution is -2.26. The van der Waals surface area contributed by atoms with Crippen molar-refractivity contribution < 1.29 is 9.53 Å². The maximum Gasteiger partial charge on any atom is 0.270 e. The van der Waals surface area contributed by atoms with Gasteiger partial charge in [-0.25, -0.2) is 4.98 Å². The highest BCUT2D eigenvalue weighted by molar-refractivity contribution is 7.09. The maximum absolute atomic E-state index is 11.8. The van der Waals surface area contributed by atoms with E-state index in [-0.39, 0.29) is 18.3 Å². The quantitative estimate of drug-likeness (QED) is 0.751. The first kappa shape index (κ1) is 18.4. The second kappa shape index (κ2) is 10.1. The topological polar surface area (TPSA) is 77.2 Å². The number of carbonyl (C=O) groups excluding carboxylic acids is 1. The summed E-state index contributed by atoms with van der Waals surface area (Å²) in [5.41, 5.74) is 5.94. The fourth-order valence-electron chi connectivity index (χ4n) is 2.36. The van der Waals surface area contributed by atoms with E-state index in [0.29, 0.717) is 24.9 Å². The molecule has 1 fully saturated rings. The normalized spacial score (nSPS) is 15.5. The highest BCUT2D eigenvalue weighted by Gasteiger charge is 2.13. The van der Waals surface area contributed by atoms with Gasteiger partial charge in [0.05, 0.1) is 6.10 Å². The van der Waals surface area contributed by atoms with Crippen LogP contribution in [0.25, 0.3) is 0 Å². The van der Waals surface area contributed by atoms with Crippen molar-refractivity contribution in [2.45, 2.75) is 51.2 Å². The molecule has 1 aliphatic carbocycles. The Balaban J connectivity index is 0.00000220. The van der Waals surface area contributed by atoms with Gasteiger partial charge >= 0.3 is 0 Å². The van der Waals surface area contributed by atoms with Crippen LogP contribution < -0.4 is 11.1 Å². The average molecular weight is 334 g/mol. The summed E-state index contributed by atoms with van der Waals surface area (Å²) in [4.78, 5) is 15.9. The van der Waals surface area contributed by atoms with Crippen LogP contribution in [0, 0.1) is 0 Å². The van der Waals surface area contributed by atoms with E-state index in [4.69, 9.17) is 10.5 Å². The molecule has 21 heavy (non-hydrogen) atoms. The molecule has 0 unspecified atom stereocenters. The zero-order valence-electron chi connectivity index (χ0n) is 12.2. The molecule has 1 saturated carbocycles. The van der Waals surface area contributed by atoms with E-state index in [2.05, 4.69) is 10.3 Å². The number of nitrogens with one attached hydrogen (secondary N) is 1. The third kappa shape index (κ3) is 6.30. The summed E-state index contributed by atoms with van der Waals surface area (Å²) in [6, 6.07) is 0. The summed E-state index contributed by atoms with van der Waals surface area (Å²) in [5, 5.41) is 5.39. The number of halogens is 1. The van der Waals surface area contributed by atoms with Gasteiger partial charge in [-0.05, 0) is 19.3 Å². The number of ether oxygens (including phenoxy) is 1. The van der Waals surface area contributed by atoms with Crippen molar-refractivity contribution in [3.05, 3.63) is 16.1 Å². The van der Waals surface area contributed by atoms with Crippen LogP contribution in [0.2, 0.25) is 0 Å². The van der Waals surface area contributed by atoms with Gasteiger partial charge in [0.1, 0.15) is 10.7 Å². The number of amides is 1. The maximum atomic E-state index is 11.8. The smallest absolute Gasteiger partial charge is 0.270 e. The Morgan fingerprint density at radius 1 is 1.43 bits per heavy atom. The van der Waals surface area contributed by atoms with Crippen molar-refractivity contribution in [1.82, 2.24) is 10.3 Å². The van der Waals surface area contributed by atoms with Gasteiger partial charge in [-0.2, -0.15) is 0 Å². The van der Waals surface area contributed by atoms with Gasteiger partial charge in [-0.3, -0.25) is 4.79 Å². The molecule has 0 atom stereocenters. The lowest BCUT2D eigenvalue weighted by atomic mass is 9.98. The van der Waals surface area contributed by atoms with Crippen LogP contribution in [-0.4, -0.2) is 30.1 Å². The van der Waals surface area contributed by atoms with Crippen LogP contribution in [0.5, 0.6) is 0 Å². The van der Waals surface area contributed by atoms with E-state index in [1.165, 1.54) is 43.4 Å². The van der Waals surface area contributed by atoms with Crippen molar-refractivity contribution in [3.63, 3.8) is 0 Å². The van der Waals surface area contributed by atoms with Crippen molar-refractivity contribution in [3.8, 4) is 0 Å². The Kier molecular flexibility index (Phi) is 8.84. The highest BCUT2D eigenvalue weighted by atomic mass is 35.5. The second-order valence-electron chi connectivity index (χ2n) is 5.07. The number of hydrogen-bond donors (Lipinski definition) is 2. The van der Waals surface area contributed by atoms with E-state index in [1.807, 2.05) is 0 Å². The largest absolute Gasteiger partial charge is 0.378 e. The molecule has 0 aliphatic heterocycles. The van der Waals surface area contributed by atoms with Gasteiger partial charge in [-0.15, -0.1) is 23.7 Å². The molecule has 1 aromatic rings. The van der Waals surface area contributed by atoms with Gasteiger partial charge in [0, 0.05) is 25.1 Å². The van der Waals surface area contributed by atoms with E-state index >= 15 is 0 Å². The molecule has 1 heterocycles. The molecule has 0 radical (unpaired) electrons. The van der Waals surface area contributed by atoms with E-state index in [0.717, 1.165) is 18.0 Å². The number of nitrogens with two attached hydrogens (primary N) is 1.